The van der Waals surface area contributed by atoms with Gasteiger partial charge in [0, 0.05) is 13.2 Å². The van der Waals surface area contributed by atoms with Crippen molar-refractivity contribution >= 4 is 0 Å². The standard InChI is InChI=1S/C20H39F3O2/c1-2-3-4-5-6-8-11-14-17-25-18-15-12-9-7-10-13-16-19(24)20(21,22)23/h19,24H,2-18H2,1H3. The Hall–Kier alpha value is -0.290. The summed E-state index contributed by atoms with van der Waals surface area (Å²) in [4.78, 5) is 0. The molecule has 0 aliphatic carbocycles. The van der Waals surface area contributed by atoms with Crippen LogP contribution in [-0.2, 0) is 4.74 Å². The van der Waals surface area contributed by atoms with Gasteiger partial charge in [0.15, 0.2) is 0 Å². The predicted molar refractivity (Wildman–Crippen MR) is 97.8 cm³/mol. The van der Waals surface area contributed by atoms with Gasteiger partial charge in [-0.2, -0.15) is 13.2 Å². The van der Waals surface area contributed by atoms with Gasteiger partial charge in [0.25, 0.3) is 0 Å². The normalized spacial score (nSPS) is 13.3. The summed E-state index contributed by atoms with van der Waals surface area (Å²) in [5.74, 6) is 0. The molecular weight excluding hydrogens is 329 g/mol. The molecular formula is C20H39F3O2. The second-order valence-corrected chi connectivity index (χ2v) is 7.05. The molecule has 25 heavy (non-hydrogen) atoms. The number of aliphatic hydroxyl groups excluding tert-OH is 1. The lowest BCUT2D eigenvalue weighted by atomic mass is 10.1. The van der Waals surface area contributed by atoms with Crippen molar-refractivity contribution in [2.24, 2.45) is 0 Å². The molecule has 0 radical (unpaired) electrons. The van der Waals surface area contributed by atoms with E-state index in [0.29, 0.717) is 6.42 Å². The number of rotatable bonds is 18. The molecule has 0 aliphatic rings. The van der Waals surface area contributed by atoms with E-state index in [4.69, 9.17) is 9.84 Å². The van der Waals surface area contributed by atoms with Gasteiger partial charge in [-0.1, -0.05) is 84.0 Å². The minimum atomic E-state index is -4.47. The van der Waals surface area contributed by atoms with Gasteiger partial charge in [-0.25, -0.2) is 0 Å². The monoisotopic (exact) mass is 368 g/mol. The van der Waals surface area contributed by atoms with Gasteiger partial charge < -0.3 is 9.84 Å². The van der Waals surface area contributed by atoms with Crippen molar-refractivity contribution < 1.29 is 23.0 Å². The van der Waals surface area contributed by atoms with E-state index < -0.39 is 12.3 Å². The summed E-state index contributed by atoms with van der Waals surface area (Å²) in [5, 5.41) is 8.87. The Morgan fingerprint density at radius 3 is 1.52 bits per heavy atom. The lowest BCUT2D eigenvalue weighted by Gasteiger charge is -2.13. The summed E-state index contributed by atoms with van der Waals surface area (Å²) in [6.07, 6.45) is 8.93. The number of hydrogen-bond acceptors (Lipinski definition) is 2. The molecule has 0 saturated heterocycles. The van der Waals surface area contributed by atoms with Crippen molar-refractivity contribution in [3.63, 3.8) is 0 Å². The summed E-state index contributed by atoms with van der Waals surface area (Å²) in [7, 11) is 0. The first-order chi connectivity index (χ1) is 12.0. The van der Waals surface area contributed by atoms with E-state index in [1.54, 1.807) is 0 Å². The topological polar surface area (TPSA) is 29.5 Å². The SMILES string of the molecule is CCCCCCCCCCOCCCCCCCCC(O)C(F)(F)F. The molecule has 0 aromatic rings. The highest BCUT2D eigenvalue weighted by atomic mass is 19.4. The Labute approximate surface area is 152 Å². The second-order valence-electron chi connectivity index (χ2n) is 7.05. The van der Waals surface area contributed by atoms with Crippen LogP contribution in [0.25, 0.3) is 0 Å². The van der Waals surface area contributed by atoms with E-state index in [1.807, 2.05) is 0 Å². The Balaban J connectivity index is 3.10. The van der Waals surface area contributed by atoms with Crippen LogP contribution in [0.15, 0.2) is 0 Å². The first-order valence-electron chi connectivity index (χ1n) is 10.3. The summed E-state index contributed by atoms with van der Waals surface area (Å²) >= 11 is 0. The van der Waals surface area contributed by atoms with Gasteiger partial charge in [-0.15, -0.1) is 0 Å². The molecule has 0 heterocycles. The van der Waals surface area contributed by atoms with Crippen molar-refractivity contribution in [2.45, 2.75) is 116 Å². The molecule has 5 heteroatoms. The summed E-state index contributed by atoms with van der Waals surface area (Å²) in [6.45, 7) is 3.88. The number of ether oxygens (including phenoxy) is 1. The number of unbranched alkanes of at least 4 members (excludes halogenated alkanes) is 12. The third-order valence-corrected chi connectivity index (χ3v) is 4.54. The Kier molecular flexibility index (Phi) is 16.9. The minimum absolute atomic E-state index is 0.175. The lowest BCUT2D eigenvalue weighted by Crippen LogP contribution is -2.28. The van der Waals surface area contributed by atoms with Crippen molar-refractivity contribution in [3.8, 4) is 0 Å². The van der Waals surface area contributed by atoms with Crippen molar-refractivity contribution in [3.05, 3.63) is 0 Å². The maximum Gasteiger partial charge on any atom is 0.414 e. The Morgan fingerprint density at radius 2 is 1.08 bits per heavy atom. The predicted octanol–water partition coefficient (Wildman–Crippen LogP) is 6.80. The van der Waals surface area contributed by atoms with Crippen LogP contribution >= 0.6 is 0 Å². The molecule has 152 valence electrons. The van der Waals surface area contributed by atoms with E-state index >= 15 is 0 Å². The fraction of sp³-hybridized carbons (Fsp3) is 1.00. The van der Waals surface area contributed by atoms with E-state index in [9.17, 15) is 13.2 Å². The molecule has 0 rings (SSSR count). The molecule has 1 atom stereocenters. The average molecular weight is 369 g/mol. The van der Waals surface area contributed by atoms with Gasteiger partial charge in [0.1, 0.15) is 6.10 Å². The Bertz CT molecular complexity index is 270. The van der Waals surface area contributed by atoms with Crippen molar-refractivity contribution in [1.82, 2.24) is 0 Å². The van der Waals surface area contributed by atoms with Crippen LogP contribution in [0.1, 0.15) is 103 Å². The maximum absolute atomic E-state index is 12.1. The highest BCUT2D eigenvalue weighted by Crippen LogP contribution is 2.24. The smallest absolute Gasteiger partial charge is 0.384 e. The van der Waals surface area contributed by atoms with E-state index in [-0.39, 0.29) is 6.42 Å². The van der Waals surface area contributed by atoms with E-state index in [1.165, 1.54) is 44.9 Å². The highest BCUT2D eigenvalue weighted by molar-refractivity contribution is 4.64. The van der Waals surface area contributed by atoms with Gasteiger partial charge in [0.05, 0.1) is 0 Å². The first-order valence-corrected chi connectivity index (χ1v) is 10.3. The van der Waals surface area contributed by atoms with Crippen LogP contribution < -0.4 is 0 Å². The zero-order valence-corrected chi connectivity index (χ0v) is 16.1. The molecule has 2 nitrogen and oxygen atoms in total. The lowest BCUT2D eigenvalue weighted by molar-refractivity contribution is -0.205. The van der Waals surface area contributed by atoms with Gasteiger partial charge in [-0.05, 0) is 19.3 Å². The average Bonchev–Trinajstić information content (AvgIpc) is 2.56. The third kappa shape index (κ3) is 18.3. The fourth-order valence-corrected chi connectivity index (χ4v) is 2.85. The largest absolute Gasteiger partial charge is 0.414 e. The molecule has 1 unspecified atom stereocenters. The molecule has 0 aromatic heterocycles. The third-order valence-electron chi connectivity index (χ3n) is 4.54. The quantitative estimate of drug-likeness (QED) is 0.270. The molecule has 1 N–H and O–H groups in total. The van der Waals surface area contributed by atoms with Crippen LogP contribution in [0.2, 0.25) is 0 Å². The number of alkyl halides is 3. The van der Waals surface area contributed by atoms with Crippen LogP contribution in [0.3, 0.4) is 0 Å². The number of aliphatic hydroxyl groups is 1. The van der Waals surface area contributed by atoms with E-state index in [2.05, 4.69) is 6.92 Å². The van der Waals surface area contributed by atoms with Crippen LogP contribution in [0.5, 0.6) is 0 Å². The summed E-state index contributed by atoms with van der Waals surface area (Å²) in [5.41, 5.74) is 0. The maximum atomic E-state index is 12.1. The molecule has 0 amide bonds. The van der Waals surface area contributed by atoms with Gasteiger partial charge in [0.2, 0.25) is 0 Å². The molecule has 0 spiro atoms. The molecule has 0 bridgehead atoms. The molecule has 0 saturated carbocycles. The van der Waals surface area contributed by atoms with E-state index in [0.717, 1.165) is 51.7 Å². The molecule has 0 fully saturated rings. The fourth-order valence-electron chi connectivity index (χ4n) is 2.85. The first kappa shape index (κ1) is 24.7. The zero-order chi connectivity index (χ0) is 18.8. The minimum Gasteiger partial charge on any atom is -0.384 e. The highest BCUT2D eigenvalue weighted by Gasteiger charge is 2.37. The summed E-state index contributed by atoms with van der Waals surface area (Å²) < 4.78 is 41.9. The van der Waals surface area contributed by atoms with Gasteiger partial charge in [-0.3, -0.25) is 0 Å². The zero-order valence-electron chi connectivity index (χ0n) is 16.1. The molecule has 0 aliphatic heterocycles. The second kappa shape index (κ2) is 17.1. The number of hydrogen-bond donors (Lipinski definition) is 1. The van der Waals surface area contributed by atoms with Crippen molar-refractivity contribution in [1.29, 1.82) is 0 Å². The van der Waals surface area contributed by atoms with Crippen LogP contribution in [0, 0.1) is 0 Å². The van der Waals surface area contributed by atoms with Gasteiger partial charge >= 0.3 is 6.18 Å². The number of halogens is 3. The Morgan fingerprint density at radius 1 is 0.680 bits per heavy atom. The summed E-state index contributed by atoms with van der Waals surface area (Å²) in [6, 6.07) is 0. The van der Waals surface area contributed by atoms with Crippen molar-refractivity contribution in [2.75, 3.05) is 13.2 Å². The molecule has 0 aromatic carbocycles. The van der Waals surface area contributed by atoms with Crippen LogP contribution in [0.4, 0.5) is 13.2 Å². The van der Waals surface area contributed by atoms with Crippen LogP contribution in [-0.4, -0.2) is 30.6 Å².